The SMILES string of the molecule is COc1ccc(C=CC(=O)[O-])cc1COc1ccc(Cl)cc1. The Balaban J connectivity index is 2.15. The van der Waals surface area contributed by atoms with Crippen molar-refractivity contribution in [3.63, 3.8) is 0 Å². The first kappa shape index (κ1) is 15.9. The third kappa shape index (κ3) is 4.53. The first-order valence-corrected chi connectivity index (χ1v) is 6.90. The Hall–Kier alpha value is -2.46. The molecule has 0 unspecified atom stereocenters. The molecule has 0 aliphatic rings. The lowest BCUT2D eigenvalue weighted by Gasteiger charge is -2.11. The van der Waals surface area contributed by atoms with Gasteiger partial charge in [0.25, 0.3) is 0 Å². The van der Waals surface area contributed by atoms with Crippen molar-refractivity contribution in [1.29, 1.82) is 0 Å². The van der Waals surface area contributed by atoms with Crippen molar-refractivity contribution >= 4 is 23.6 Å². The standard InChI is InChI=1S/C17H15ClO4/c1-21-16-8-2-12(3-9-17(19)20)10-13(16)11-22-15-6-4-14(18)5-7-15/h2-10H,11H2,1H3,(H,19,20)/p-1. The summed E-state index contributed by atoms with van der Waals surface area (Å²) in [5.74, 6) is 0.108. The minimum atomic E-state index is -1.24. The van der Waals surface area contributed by atoms with E-state index in [1.54, 1.807) is 49.6 Å². The number of carboxylic acid groups (broad SMARTS) is 1. The number of methoxy groups -OCH3 is 1. The molecule has 0 aliphatic carbocycles. The summed E-state index contributed by atoms with van der Waals surface area (Å²) in [7, 11) is 1.57. The van der Waals surface area contributed by atoms with Crippen molar-refractivity contribution in [2.75, 3.05) is 7.11 Å². The van der Waals surface area contributed by atoms with E-state index in [0.717, 1.165) is 17.2 Å². The Morgan fingerprint density at radius 1 is 1.23 bits per heavy atom. The van der Waals surface area contributed by atoms with Crippen LogP contribution in [0.15, 0.2) is 48.5 Å². The zero-order valence-electron chi connectivity index (χ0n) is 11.9. The molecule has 114 valence electrons. The minimum absolute atomic E-state index is 0.289. The Kier molecular flexibility index (Phi) is 5.44. The summed E-state index contributed by atoms with van der Waals surface area (Å²) in [6.45, 7) is 0.289. The van der Waals surface area contributed by atoms with Gasteiger partial charge in [-0.1, -0.05) is 23.7 Å². The molecule has 0 amide bonds. The van der Waals surface area contributed by atoms with E-state index in [0.29, 0.717) is 16.5 Å². The summed E-state index contributed by atoms with van der Waals surface area (Å²) in [5.41, 5.74) is 1.53. The topological polar surface area (TPSA) is 58.6 Å². The number of carboxylic acids is 1. The molecule has 0 atom stereocenters. The highest BCUT2D eigenvalue weighted by molar-refractivity contribution is 6.30. The summed E-state index contributed by atoms with van der Waals surface area (Å²) in [6, 6.07) is 12.3. The molecule has 0 radical (unpaired) electrons. The number of aliphatic carboxylic acids is 1. The van der Waals surface area contributed by atoms with Gasteiger partial charge in [-0.3, -0.25) is 0 Å². The molecule has 0 aromatic heterocycles. The van der Waals surface area contributed by atoms with E-state index in [1.807, 2.05) is 0 Å². The van der Waals surface area contributed by atoms with Crippen molar-refractivity contribution in [3.8, 4) is 11.5 Å². The number of halogens is 1. The molecule has 0 heterocycles. The Bertz CT molecular complexity index is 678. The number of hydrogen-bond donors (Lipinski definition) is 0. The first-order chi connectivity index (χ1) is 10.6. The van der Waals surface area contributed by atoms with E-state index in [2.05, 4.69) is 0 Å². The highest BCUT2D eigenvalue weighted by Crippen LogP contribution is 2.23. The van der Waals surface area contributed by atoms with E-state index in [4.69, 9.17) is 21.1 Å². The molecule has 2 rings (SSSR count). The average Bonchev–Trinajstić information content (AvgIpc) is 2.52. The monoisotopic (exact) mass is 317 g/mol. The second-order valence-electron chi connectivity index (χ2n) is 4.47. The van der Waals surface area contributed by atoms with E-state index in [9.17, 15) is 9.90 Å². The van der Waals surface area contributed by atoms with Gasteiger partial charge in [-0.05, 0) is 48.0 Å². The summed E-state index contributed by atoms with van der Waals surface area (Å²) in [4.78, 5) is 10.5. The fraction of sp³-hybridized carbons (Fsp3) is 0.118. The maximum absolute atomic E-state index is 10.5. The minimum Gasteiger partial charge on any atom is -0.545 e. The normalized spacial score (nSPS) is 10.6. The van der Waals surface area contributed by atoms with Crippen LogP contribution in [0.4, 0.5) is 0 Å². The van der Waals surface area contributed by atoms with Crippen LogP contribution >= 0.6 is 11.6 Å². The summed E-state index contributed by atoms with van der Waals surface area (Å²) in [5, 5.41) is 11.1. The predicted octanol–water partition coefficient (Wildman–Crippen LogP) is 2.69. The van der Waals surface area contributed by atoms with E-state index >= 15 is 0 Å². The fourth-order valence-corrected chi connectivity index (χ4v) is 2.00. The third-order valence-corrected chi connectivity index (χ3v) is 3.18. The highest BCUT2D eigenvalue weighted by Gasteiger charge is 2.05. The zero-order valence-corrected chi connectivity index (χ0v) is 12.7. The molecule has 2 aromatic rings. The van der Waals surface area contributed by atoms with Crippen LogP contribution in [-0.2, 0) is 11.4 Å². The van der Waals surface area contributed by atoms with Crippen molar-refractivity contribution in [1.82, 2.24) is 0 Å². The van der Waals surface area contributed by atoms with Gasteiger partial charge in [-0.15, -0.1) is 0 Å². The average molecular weight is 318 g/mol. The molecular weight excluding hydrogens is 304 g/mol. The molecule has 2 aromatic carbocycles. The van der Waals surface area contributed by atoms with Gasteiger partial charge in [-0.25, -0.2) is 0 Å². The van der Waals surface area contributed by atoms with Gasteiger partial charge in [0.15, 0.2) is 0 Å². The van der Waals surface area contributed by atoms with Crippen LogP contribution in [-0.4, -0.2) is 13.1 Å². The molecule has 0 spiro atoms. The second kappa shape index (κ2) is 7.52. The largest absolute Gasteiger partial charge is 0.545 e. The molecule has 5 heteroatoms. The number of carbonyl (C=O) groups excluding carboxylic acids is 1. The van der Waals surface area contributed by atoms with Gasteiger partial charge in [0.05, 0.1) is 13.1 Å². The Morgan fingerprint density at radius 3 is 2.59 bits per heavy atom. The van der Waals surface area contributed by atoms with Crippen LogP contribution in [0.25, 0.3) is 6.08 Å². The summed E-state index contributed by atoms with van der Waals surface area (Å²) >= 11 is 5.82. The van der Waals surface area contributed by atoms with Gasteiger partial charge in [0.2, 0.25) is 0 Å². The van der Waals surface area contributed by atoms with Crippen LogP contribution in [0.1, 0.15) is 11.1 Å². The predicted molar refractivity (Wildman–Crippen MR) is 82.8 cm³/mol. The van der Waals surface area contributed by atoms with E-state index < -0.39 is 5.97 Å². The van der Waals surface area contributed by atoms with Crippen LogP contribution in [0.2, 0.25) is 5.02 Å². The lowest BCUT2D eigenvalue weighted by atomic mass is 10.1. The molecular formula is C17H14ClO4-. The number of hydrogen-bond acceptors (Lipinski definition) is 4. The van der Waals surface area contributed by atoms with Crippen molar-refractivity contribution < 1.29 is 19.4 Å². The van der Waals surface area contributed by atoms with Gasteiger partial charge < -0.3 is 19.4 Å². The van der Waals surface area contributed by atoms with Crippen LogP contribution < -0.4 is 14.6 Å². The molecule has 0 bridgehead atoms. The van der Waals surface area contributed by atoms with Crippen molar-refractivity contribution in [3.05, 3.63) is 64.7 Å². The molecule has 0 fully saturated rings. The Morgan fingerprint density at radius 2 is 1.95 bits per heavy atom. The van der Waals surface area contributed by atoms with Gasteiger partial charge >= 0.3 is 0 Å². The number of rotatable bonds is 6. The molecule has 22 heavy (non-hydrogen) atoms. The number of ether oxygens (including phenoxy) is 2. The van der Waals surface area contributed by atoms with Gasteiger partial charge in [0.1, 0.15) is 18.1 Å². The number of carbonyl (C=O) groups is 1. The van der Waals surface area contributed by atoms with Gasteiger partial charge in [-0.2, -0.15) is 0 Å². The fourth-order valence-electron chi connectivity index (χ4n) is 1.87. The lowest BCUT2D eigenvalue weighted by molar-refractivity contribution is -0.297. The quantitative estimate of drug-likeness (QED) is 0.769. The second-order valence-corrected chi connectivity index (χ2v) is 4.90. The van der Waals surface area contributed by atoms with E-state index in [1.165, 1.54) is 6.08 Å². The molecule has 0 saturated carbocycles. The molecule has 4 nitrogen and oxygen atoms in total. The highest BCUT2D eigenvalue weighted by atomic mass is 35.5. The first-order valence-electron chi connectivity index (χ1n) is 6.53. The molecule has 0 aliphatic heterocycles. The smallest absolute Gasteiger partial charge is 0.125 e. The maximum Gasteiger partial charge on any atom is 0.125 e. The molecule has 0 saturated heterocycles. The lowest BCUT2D eigenvalue weighted by Crippen LogP contribution is -2.18. The third-order valence-electron chi connectivity index (χ3n) is 2.92. The maximum atomic E-state index is 10.5. The van der Waals surface area contributed by atoms with Crippen LogP contribution in [0.3, 0.4) is 0 Å². The number of benzene rings is 2. The van der Waals surface area contributed by atoms with Gasteiger partial charge in [0, 0.05) is 10.6 Å². The van der Waals surface area contributed by atoms with Crippen LogP contribution in [0, 0.1) is 0 Å². The summed E-state index contributed by atoms with van der Waals surface area (Å²) in [6.07, 6.45) is 2.44. The van der Waals surface area contributed by atoms with Crippen LogP contribution in [0.5, 0.6) is 11.5 Å². The molecule has 0 N–H and O–H groups in total. The Labute approximate surface area is 133 Å². The van der Waals surface area contributed by atoms with Crippen molar-refractivity contribution in [2.24, 2.45) is 0 Å². The summed E-state index contributed by atoms with van der Waals surface area (Å²) < 4.78 is 11.0. The van der Waals surface area contributed by atoms with E-state index in [-0.39, 0.29) is 6.61 Å². The van der Waals surface area contributed by atoms with Crippen molar-refractivity contribution in [2.45, 2.75) is 6.61 Å². The zero-order chi connectivity index (χ0) is 15.9.